The quantitative estimate of drug-likeness (QED) is 0.501. The standard InChI is InChI=1S/C25H38ClF3N4O2/c1-24(2,3)22-32-19(14-7-9-17(26)10-8-14)20(15-5-4-6-16(13-15)25(27,28)29)33(22)21(34)18-11-12-30-23(35)31-18/h14-20H,4-13H2,1-3H3,(H2,30,31,35). The number of rotatable bonds is 3. The lowest BCUT2D eigenvalue weighted by Gasteiger charge is -2.44. The van der Waals surface area contributed by atoms with Gasteiger partial charge in [0.2, 0.25) is 0 Å². The van der Waals surface area contributed by atoms with Crippen LogP contribution in [0.3, 0.4) is 0 Å². The predicted octanol–water partition coefficient (Wildman–Crippen LogP) is 5.25. The molecule has 198 valence electrons. The van der Waals surface area contributed by atoms with E-state index in [1.54, 1.807) is 4.90 Å². The molecule has 0 bridgehead atoms. The number of aliphatic imine (C=N–C) groups is 1. The Morgan fingerprint density at radius 1 is 1.03 bits per heavy atom. The Morgan fingerprint density at radius 3 is 2.31 bits per heavy atom. The highest BCUT2D eigenvalue weighted by atomic mass is 35.5. The van der Waals surface area contributed by atoms with Gasteiger partial charge in [-0.1, -0.05) is 27.2 Å². The fourth-order valence-electron chi connectivity index (χ4n) is 6.47. The summed E-state index contributed by atoms with van der Waals surface area (Å²) in [6.07, 6.45) is 0.907. The van der Waals surface area contributed by atoms with Crippen LogP contribution in [-0.2, 0) is 4.79 Å². The number of alkyl halides is 4. The molecule has 4 aliphatic rings. The topological polar surface area (TPSA) is 73.8 Å². The van der Waals surface area contributed by atoms with Gasteiger partial charge < -0.3 is 10.6 Å². The smallest absolute Gasteiger partial charge is 0.338 e. The number of nitrogens with zero attached hydrogens (tertiary/aromatic N) is 2. The van der Waals surface area contributed by atoms with Crippen LogP contribution >= 0.6 is 11.6 Å². The molecule has 1 saturated heterocycles. The first-order chi connectivity index (χ1) is 16.4. The molecule has 3 fully saturated rings. The number of amidine groups is 1. The summed E-state index contributed by atoms with van der Waals surface area (Å²) in [5, 5.41) is 5.51. The average Bonchev–Trinajstić information content (AvgIpc) is 3.20. The van der Waals surface area contributed by atoms with Gasteiger partial charge >= 0.3 is 12.2 Å². The lowest BCUT2D eigenvalue weighted by atomic mass is 9.71. The van der Waals surface area contributed by atoms with Gasteiger partial charge in [-0.3, -0.25) is 14.7 Å². The molecule has 4 rings (SSSR count). The average molecular weight is 519 g/mol. The molecule has 0 aromatic heterocycles. The van der Waals surface area contributed by atoms with Gasteiger partial charge in [-0.05, 0) is 63.2 Å². The molecule has 0 aromatic carbocycles. The summed E-state index contributed by atoms with van der Waals surface area (Å²) in [7, 11) is 0. The fraction of sp³-hybridized carbons (Fsp3) is 0.880. The van der Waals surface area contributed by atoms with E-state index in [9.17, 15) is 22.8 Å². The molecular weight excluding hydrogens is 481 g/mol. The van der Waals surface area contributed by atoms with Crippen LogP contribution in [0, 0.1) is 23.2 Å². The minimum absolute atomic E-state index is 0.0187. The Hall–Kier alpha value is -1.51. The molecule has 6 nitrogen and oxygen atoms in total. The maximum Gasteiger partial charge on any atom is 0.391 e. The molecule has 2 aliphatic heterocycles. The molecule has 0 aromatic rings. The number of carbonyl (C=O) groups excluding carboxylic acids is 2. The molecule has 2 N–H and O–H groups in total. The first-order valence-electron chi connectivity index (χ1n) is 13.0. The van der Waals surface area contributed by atoms with Gasteiger partial charge in [-0.25, -0.2) is 4.79 Å². The van der Waals surface area contributed by atoms with Crippen LogP contribution in [0.2, 0.25) is 0 Å². The van der Waals surface area contributed by atoms with Crippen molar-refractivity contribution >= 4 is 29.4 Å². The number of urea groups is 1. The van der Waals surface area contributed by atoms with E-state index in [4.69, 9.17) is 16.6 Å². The fourth-order valence-corrected chi connectivity index (χ4v) is 6.73. The highest BCUT2D eigenvalue weighted by Crippen LogP contribution is 2.47. The van der Waals surface area contributed by atoms with Gasteiger partial charge in [-0.2, -0.15) is 13.2 Å². The maximum absolute atomic E-state index is 14.0. The van der Waals surface area contributed by atoms with E-state index in [2.05, 4.69) is 10.6 Å². The van der Waals surface area contributed by atoms with Crippen molar-refractivity contribution in [3.63, 3.8) is 0 Å². The lowest BCUT2D eigenvalue weighted by molar-refractivity contribution is -0.187. The third kappa shape index (κ3) is 5.75. The Labute approximate surface area is 210 Å². The second-order valence-corrected chi connectivity index (χ2v) is 12.4. The SMILES string of the molecule is CC(C)(C)C1=NC(C2CCC(Cl)CC2)C(C2CCCC(C(F)(F)F)C2)N1C(=O)C1CCNC(=O)N1. The van der Waals surface area contributed by atoms with Crippen molar-refractivity contribution in [2.24, 2.45) is 28.2 Å². The summed E-state index contributed by atoms with van der Waals surface area (Å²) >= 11 is 6.37. The second kappa shape index (κ2) is 10.1. The van der Waals surface area contributed by atoms with Crippen molar-refractivity contribution in [2.45, 2.75) is 108 Å². The summed E-state index contributed by atoms with van der Waals surface area (Å²) in [4.78, 5) is 32.8. The Morgan fingerprint density at radius 2 is 1.71 bits per heavy atom. The summed E-state index contributed by atoms with van der Waals surface area (Å²) < 4.78 is 41.3. The van der Waals surface area contributed by atoms with Crippen molar-refractivity contribution < 1.29 is 22.8 Å². The van der Waals surface area contributed by atoms with Gasteiger partial charge in [0.1, 0.15) is 11.9 Å². The number of hydrogen-bond donors (Lipinski definition) is 2. The molecular formula is C25H38ClF3N4O2. The molecule has 3 amide bonds. The Kier molecular flexibility index (Phi) is 7.66. The highest BCUT2D eigenvalue weighted by Gasteiger charge is 2.53. The predicted molar refractivity (Wildman–Crippen MR) is 129 cm³/mol. The van der Waals surface area contributed by atoms with Crippen LogP contribution in [0.15, 0.2) is 4.99 Å². The van der Waals surface area contributed by atoms with Crippen molar-refractivity contribution in [3.05, 3.63) is 0 Å². The number of carbonyl (C=O) groups is 2. The molecule has 2 heterocycles. The summed E-state index contributed by atoms with van der Waals surface area (Å²) in [6, 6.07) is -1.78. The van der Waals surface area contributed by atoms with E-state index in [1.165, 1.54) is 0 Å². The number of halogens is 4. The highest BCUT2D eigenvalue weighted by molar-refractivity contribution is 6.20. The van der Waals surface area contributed by atoms with Crippen LogP contribution in [0.1, 0.15) is 78.6 Å². The first kappa shape index (κ1) is 26.6. The van der Waals surface area contributed by atoms with Crippen LogP contribution in [0.4, 0.5) is 18.0 Å². The Bertz CT molecular complexity index is 836. The molecule has 2 saturated carbocycles. The third-order valence-corrected chi connectivity index (χ3v) is 8.66. The van der Waals surface area contributed by atoms with Gasteiger partial charge in [0.25, 0.3) is 5.91 Å². The van der Waals surface area contributed by atoms with E-state index < -0.39 is 35.6 Å². The molecule has 35 heavy (non-hydrogen) atoms. The van der Waals surface area contributed by atoms with Crippen molar-refractivity contribution in [3.8, 4) is 0 Å². The largest absolute Gasteiger partial charge is 0.391 e. The Balaban J connectivity index is 1.71. The minimum atomic E-state index is -4.24. The lowest BCUT2D eigenvalue weighted by Crippen LogP contribution is -2.61. The normalized spacial score (nSPS) is 36.9. The molecule has 0 radical (unpaired) electrons. The first-order valence-corrected chi connectivity index (χ1v) is 13.5. The van der Waals surface area contributed by atoms with E-state index in [1.807, 2.05) is 20.8 Å². The summed E-state index contributed by atoms with van der Waals surface area (Å²) in [5.74, 6) is -1.08. The molecule has 2 aliphatic carbocycles. The van der Waals surface area contributed by atoms with E-state index in [0.29, 0.717) is 31.6 Å². The van der Waals surface area contributed by atoms with E-state index >= 15 is 0 Å². The van der Waals surface area contributed by atoms with Gasteiger partial charge in [0, 0.05) is 17.3 Å². The maximum atomic E-state index is 14.0. The zero-order valence-electron chi connectivity index (χ0n) is 20.8. The minimum Gasteiger partial charge on any atom is -0.338 e. The van der Waals surface area contributed by atoms with Crippen LogP contribution in [-0.4, -0.2) is 58.9 Å². The van der Waals surface area contributed by atoms with Gasteiger partial charge in [-0.15, -0.1) is 11.6 Å². The molecule has 10 heteroatoms. The van der Waals surface area contributed by atoms with Crippen LogP contribution < -0.4 is 10.6 Å². The number of hydrogen-bond acceptors (Lipinski definition) is 3. The van der Waals surface area contributed by atoms with Gasteiger partial charge in [0.05, 0.1) is 18.0 Å². The zero-order chi connectivity index (χ0) is 25.5. The summed E-state index contributed by atoms with van der Waals surface area (Å²) in [6.45, 7) is 6.34. The van der Waals surface area contributed by atoms with Crippen molar-refractivity contribution in [1.29, 1.82) is 0 Å². The monoisotopic (exact) mass is 518 g/mol. The number of amides is 3. The molecule has 5 atom stereocenters. The zero-order valence-corrected chi connectivity index (χ0v) is 21.6. The van der Waals surface area contributed by atoms with Crippen molar-refractivity contribution in [1.82, 2.24) is 15.5 Å². The number of nitrogens with one attached hydrogen (secondary N) is 2. The third-order valence-electron chi connectivity index (χ3n) is 8.22. The summed E-state index contributed by atoms with van der Waals surface area (Å²) in [5.41, 5.74) is -0.471. The van der Waals surface area contributed by atoms with E-state index in [0.717, 1.165) is 25.7 Å². The van der Waals surface area contributed by atoms with Crippen molar-refractivity contribution in [2.75, 3.05) is 6.54 Å². The van der Waals surface area contributed by atoms with E-state index in [-0.39, 0.29) is 42.0 Å². The molecule has 5 unspecified atom stereocenters. The van der Waals surface area contributed by atoms with Crippen LogP contribution in [0.5, 0.6) is 0 Å². The van der Waals surface area contributed by atoms with Crippen LogP contribution in [0.25, 0.3) is 0 Å². The van der Waals surface area contributed by atoms with Gasteiger partial charge in [0.15, 0.2) is 0 Å². The second-order valence-electron chi connectivity index (χ2n) is 11.8. The molecule has 0 spiro atoms.